The molecule has 118 valence electrons. The van der Waals surface area contributed by atoms with E-state index in [2.05, 4.69) is 5.32 Å². The quantitative estimate of drug-likeness (QED) is 0.813. The molecule has 0 amide bonds. The molecule has 21 heavy (non-hydrogen) atoms. The first-order valence-corrected chi connectivity index (χ1v) is 7.63. The van der Waals surface area contributed by atoms with Gasteiger partial charge in [-0.3, -0.25) is 0 Å². The molecular weight excluding hydrogens is 312 g/mol. The topological polar surface area (TPSA) is 58.2 Å². The smallest absolute Gasteiger partial charge is 0.316 e. The predicted molar refractivity (Wildman–Crippen MR) is 67.5 cm³/mol. The molecule has 0 unspecified atom stereocenters. The highest BCUT2D eigenvalue weighted by Gasteiger charge is 2.65. The molecule has 0 spiro atoms. The van der Waals surface area contributed by atoms with Gasteiger partial charge in [0.25, 0.3) is 0 Å². The van der Waals surface area contributed by atoms with Gasteiger partial charge >= 0.3 is 6.18 Å². The van der Waals surface area contributed by atoms with Crippen molar-refractivity contribution in [1.82, 2.24) is 10.0 Å². The molecular formula is C12H14F4N2O2S. The summed E-state index contributed by atoms with van der Waals surface area (Å²) in [7, 11) is -2.92. The summed E-state index contributed by atoms with van der Waals surface area (Å²) in [5.74, 6) is -0.827. The number of benzene rings is 1. The second-order valence-corrected chi connectivity index (χ2v) is 6.62. The molecule has 1 fully saturated rings. The van der Waals surface area contributed by atoms with E-state index in [0.29, 0.717) is 0 Å². The molecule has 9 heteroatoms. The van der Waals surface area contributed by atoms with E-state index in [1.54, 1.807) is 11.8 Å². The molecule has 1 aliphatic rings. The van der Waals surface area contributed by atoms with Crippen molar-refractivity contribution in [2.24, 2.45) is 0 Å². The van der Waals surface area contributed by atoms with E-state index >= 15 is 0 Å². The van der Waals surface area contributed by atoms with Crippen molar-refractivity contribution < 1.29 is 26.0 Å². The number of hydrogen-bond acceptors (Lipinski definition) is 3. The summed E-state index contributed by atoms with van der Waals surface area (Å²) in [5.41, 5.74) is -2.22. The molecule has 2 N–H and O–H groups in total. The standard InChI is InChI=1S/C12H14F4N2O2S/c1-17-7-8-2-3-9(13)6-10(8)21(19,20)18-11(4-5-11)12(14,15)16/h2-3,6,17-18H,4-5,7H2,1H3. The average Bonchev–Trinajstić information content (AvgIpc) is 3.11. The van der Waals surface area contributed by atoms with Gasteiger partial charge in [0, 0.05) is 6.54 Å². The molecule has 0 atom stereocenters. The Labute approximate surface area is 119 Å². The van der Waals surface area contributed by atoms with Crippen LogP contribution in [0.5, 0.6) is 0 Å². The van der Waals surface area contributed by atoms with Crippen LogP contribution >= 0.6 is 0 Å². The van der Waals surface area contributed by atoms with Gasteiger partial charge < -0.3 is 5.32 Å². The maximum atomic E-state index is 13.3. The minimum Gasteiger partial charge on any atom is -0.316 e. The van der Waals surface area contributed by atoms with Gasteiger partial charge in [-0.25, -0.2) is 12.8 Å². The maximum Gasteiger partial charge on any atom is 0.407 e. The number of hydrogen-bond donors (Lipinski definition) is 2. The molecule has 0 heterocycles. The summed E-state index contributed by atoms with van der Waals surface area (Å²) in [4.78, 5) is -0.479. The summed E-state index contributed by atoms with van der Waals surface area (Å²) in [6.45, 7) is 0.0928. The SMILES string of the molecule is CNCc1ccc(F)cc1S(=O)(=O)NC1(C(F)(F)F)CC1. The zero-order valence-corrected chi connectivity index (χ0v) is 11.9. The Hall–Kier alpha value is -1.19. The van der Waals surface area contributed by atoms with Crippen molar-refractivity contribution in [1.29, 1.82) is 0 Å². The summed E-state index contributed by atoms with van der Waals surface area (Å²) in [5, 5.41) is 2.69. The largest absolute Gasteiger partial charge is 0.407 e. The van der Waals surface area contributed by atoms with Crippen LogP contribution in [-0.2, 0) is 16.6 Å². The number of sulfonamides is 1. The van der Waals surface area contributed by atoms with E-state index in [0.717, 1.165) is 12.1 Å². The van der Waals surface area contributed by atoms with Crippen LogP contribution in [-0.4, -0.2) is 27.2 Å². The second kappa shape index (κ2) is 5.22. The van der Waals surface area contributed by atoms with Gasteiger partial charge in [0.2, 0.25) is 10.0 Å². The average molecular weight is 326 g/mol. The van der Waals surface area contributed by atoms with Crippen molar-refractivity contribution in [3.63, 3.8) is 0 Å². The summed E-state index contributed by atoms with van der Waals surface area (Å²) < 4.78 is 77.9. The molecule has 0 radical (unpaired) electrons. The third-order valence-corrected chi connectivity index (χ3v) is 4.93. The van der Waals surface area contributed by atoms with Crippen LogP contribution in [0.25, 0.3) is 0 Å². The molecule has 0 aromatic heterocycles. The number of nitrogens with one attached hydrogen (secondary N) is 2. The van der Waals surface area contributed by atoms with Crippen LogP contribution in [0, 0.1) is 5.82 Å². The first kappa shape index (κ1) is 16.2. The van der Waals surface area contributed by atoms with Crippen molar-refractivity contribution in [2.75, 3.05) is 7.05 Å². The van der Waals surface area contributed by atoms with Crippen LogP contribution in [0.4, 0.5) is 17.6 Å². The summed E-state index contributed by atoms with van der Waals surface area (Å²) in [6.07, 6.45) is -5.30. The molecule has 1 aliphatic carbocycles. The molecule has 1 aromatic rings. The van der Waals surface area contributed by atoms with Gasteiger partial charge in [0.05, 0.1) is 4.90 Å². The van der Waals surface area contributed by atoms with Gasteiger partial charge in [0.15, 0.2) is 0 Å². The molecule has 4 nitrogen and oxygen atoms in total. The fourth-order valence-electron chi connectivity index (χ4n) is 2.00. The van der Waals surface area contributed by atoms with E-state index < -0.39 is 32.5 Å². The van der Waals surface area contributed by atoms with Gasteiger partial charge in [-0.2, -0.15) is 17.9 Å². The predicted octanol–water partition coefficient (Wildman–Crippen LogP) is 1.92. The minimum atomic E-state index is -4.67. The van der Waals surface area contributed by atoms with E-state index in [1.165, 1.54) is 6.07 Å². The Morgan fingerprint density at radius 2 is 1.90 bits per heavy atom. The highest BCUT2D eigenvalue weighted by Crippen LogP contribution is 2.49. The Balaban J connectivity index is 2.39. The number of rotatable bonds is 5. The third-order valence-electron chi connectivity index (χ3n) is 3.31. The first-order chi connectivity index (χ1) is 9.61. The second-order valence-electron chi connectivity index (χ2n) is 4.97. The lowest BCUT2D eigenvalue weighted by atomic mass is 10.2. The van der Waals surface area contributed by atoms with Gasteiger partial charge in [-0.15, -0.1) is 0 Å². The Morgan fingerprint density at radius 3 is 2.38 bits per heavy atom. The molecule has 0 bridgehead atoms. The molecule has 0 saturated heterocycles. The molecule has 0 aliphatic heterocycles. The van der Waals surface area contributed by atoms with E-state index in [-0.39, 0.29) is 24.9 Å². The van der Waals surface area contributed by atoms with Crippen molar-refractivity contribution in [3.05, 3.63) is 29.6 Å². The van der Waals surface area contributed by atoms with Crippen LogP contribution in [0.3, 0.4) is 0 Å². The van der Waals surface area contributed by atoms with Gasteiger partial charge in [-0.1, -0.05) is 6.07 Å². The molecule has 1 saturated carbocycles. The summed E-state index contributed by atoms with van der Waals surface area (Å²) >= 11 is 0. The fraction of sp³-hybridized carbons (Fsp3) is 0.500. The highest BCUT2D eigenvalue weighted by atomic mass is 32.2. The number of alkyl halides is 3. The lowest BCUT2D eigenvalue weighted by Gasteiger charge is -2.21. The van der Waals surface area contributed by atoms with Crippen molar-refractivity contribution in [3.8, 4) is 0 Å². The Kier molecular flexibility index (Phi) is 4.02. The minimum absolute atomic E-state index is 0.0928. The Morgan fingerprint density at radius 1 is 1.29 bits per heavy atom. The number of halogens is 4. The lowest BCUT2D eigenvalue weighted by Crippen LogP contribution is -2.47. The van der Waals surface area contributed by atoms with E-state index in [4.69, 9.17) is 0 Å². The lowest BCUT2D eigenvalue weighted by molar-refractivity contribution is -0.160. The Bertz CT molecular complexity index is 639. The fourth-order valence-corrected chi connectivity index (χ4v) is 3.69. The normalized spacial score (nSPS) is 17.8. The van der Waals surface area contributed by atoms with Crippen LogP contribution in [0.1, 0.15) is 18.4 Å². The van der Waals surface area contributed by atoms with Crippen molar-refractivity contribution in [2.45, 2.75) is 36.0 Å². The van der Waals surface area contributed by atoms with Gasteiger partial charge in [0.1, 0.15) is 11.4 Å². The maximum absolute atomic E-state index is 13.3. The zero-order chi connectivity index (χ0) is 15.9. The third kappa shape index (κ3) is 3.19. The zero-order valence-electron chi connectivity index (χ0n) is 11.1. The van der Waals surface area contributed by atoms with Gasteiger partial charge in [-0.05, 0) is 37.6 Å². The van der Waals surface area contributed by atoms with E-state index in [1.807, 2.05) is 0 Å². The van der Waals surface area contributed by atoms with Crippen LogP contribution in [0.15, 0.2) is 23.1 Å². The van der Waals surface area contributed by atoms with E-state index in [9.17, 15) is 26.0 Å². The monoisotopic (exact) mass is 326 g/mol. The van der Waals surface area contributed by atoms with Crippen LogP contribution < -0.4 is 10.0 Å². The summed E-state index contributed by atoms with van der Waals surface area (Å²) in [6, 6.07) is 3.01. The van der Waals surface area contributed by atoms with Crippen molar-refractivity contribution >= 4 is 10.0 Å². The van der Waals surface area contributed by atoms with Crippen LogP contribution in [0.2, 0.25) is 0 Å². The highest BCUT2D eigenvalue weighted by molar-refractivity contribution is 7.89. The molecule has 2 rings (SSSR count). The first-order valence-electron chi connectivity index (χ1n) is 6.15. The molecule has 1 aromatic carbocycles.